The first-order valence-corrected chi connectivity index (χ1v) is 13.1. The number of nitrogens with two attached hydrogens (primary N) is 1. The molecule has 0 aliphatic heterocycles. The molecule has 1 amide bonds. The van der Waals surface area contributed by atoms with Gasteiger partial charge in [0.2, 0.25) is 11.8 Å². The molecule has 1 aromatic heterocycles. The zero-order valence-electron chi connectivity index (χ0n) is 21.9. The predicted octanol–water partition coefficient (Wildman–Crippen LogP) is 4.75. The lowest BCUT2D eigenvalue weighted by atomic mass is 10.1. The van der Waals surface area contributed by atoms with Gasteiger partial charge in [0, 0.05) is 42.4 Å². The Labute approximate surface area is 229 Å². The van der Waals surface area contributed by atoms with E-state index in [9.17, 15) is 4.79 Å². The molecule has 1 heterocycles. The van der Waals surface area contributed by atoms with E-state index in [1.807, 2.05) is 54.6 Å². The number of nitrogens with zero attached hydrogens (tertiary/aromatic N) is 2. The fourth-order valence-corrected chi connectivity index (χ4v) is 4.11. The highest BCUT2D eigenvalue weighted by molar-refractivity contribution is 5.91. The van der Waals surface area contributed by atoms with Crippen molar-refractivity contribution < 1.29 is 9.53 Å². The first-order chi connectivity index (χ1) is 19.0. The monoisotopic (exact) mass is 522 g/mol. The standard InChI is InChI=1S/C31H34N6O2/c32-31(33)34-19-17-28(38)35-26-16-8-14-25(21-26)30-36-27(15-7-13-23-9-3-1-4-10-23)22-29(37-30)39-20-18-24-11-5-2-6-12-24/h1-6,8-12,14,16,21-22H,7,13,15,17-20H2,(H,35,38)(H4,32,33,34). The summed E-state index contributed by atoms with van der Waals surface area (Å²) in [4.78, 5) is 21.8. The van der Waals surface area contributed by atoms with E-state index >= 15 is 0 Å². The summed E-state index contributed by atoms with van der Waals surface area (Å²) in [7, 11) is 0. The summed E-state index contributed by atoms with van der Waals surface area (Å²) in [6.07, 6.45) is 3.68. The molecular weight excluding hydrogens is 488 g/mol. The van der Waals surface area contributed by atoms with Crippen molar-refractivity contribution in [2.24, 2.45) is 5.73 Å². The molecule has 8 heteroatoms. The van der Waals surface area contributed by atoms with Gasteiger partial charge in [0.05, 0.1) is 6.61 Å². The van der Waals surface area contributed by atoms with Crippen LogP contribution in [0.1, 0.15) is 29.7 Å². The van der Waals surface area contributed by atoms with Gasteiger partial charge in [-0.25, -0.2) is 4.98 Å². The number of amides is 1. The number of hydrogen-bond donors (Lipinski definition) is 4. The van der Waals surface area contributed by atoms with Gasteiger partial charge in [-0.15, -0.1) is 0 Å². The third-order valence-electron chi connectivity index (χ3n) is 6.05. The number of carbonyl (C=O) groups is 1. The zero-order valence-corrected chi connectivity index (χ0v) is 21.9. The molecule has 0 atom stereocenters. The van der Waals surface area contributed by atoms with E-state index < -0.39 is 0 Å². The molecule has 39 heavy (non-hydrogen) atoms. The molecule has 0 saturated heterocycles. The number of rotatable bonds is 13. The lowest BCUT2D eigenvalue weighted by Gasteiger charge is -2.11. The third kappa shape index (κ3) is 9.27. The molecule has 8 nitrogen and oxygen atoms in total. The SMILES string of the molecule is N=C(N)NCCC(=O)Nc1cccc(-c2nc(CCCc3ccccc3)cc(OCCc3ccccc3)n2)c1. The van der Waals surface area contributed by atoms with Crippen LogP contribution in [-0.2, 0) is 24.1 Å². The van der Waals surface area contributed by atoms with E-state index in [-0.39, 0.29) is 18.3 Å². The van der Waals surface area contributed by atoms with Crippen LogP contribution in [0.15, 0.2) is 91.0 Å². The molecule has 4 aromatic rings. The summed E-state index contributed by atoms with van der Waals surface area (Å²) in [5, 5.41) is 12.7. The van der Waals surface area contributed by atoms with Gasteiger partial charge in [-0.2, -0.15) is 4.98 Å². The van der Waals surface area contributed by atoms with Crippen LogP contribution >= 0.6 is 0 Å². The molecule has 3 aromatic carbocycles. The number of benzene rings is 3. The minimum Gasteiger partial charge on any atom is -0.477 e. The van der Waals surface area contributed by atoms with E-state index in [0.717, 1.165) is 36.9 Å². The van der Waals surface area contributed by atoms with Crippen LogP contribution in [0.3, 0.4) is 0 Å². The van der Waals surface area contributed by atoms with Gasteiger partial charge in [-0.05, 0) is 42.5 Å². The van der Waals surface area contributed by atoms with Gasteiger partial charge in [0.15, 0.2) is 11.8 Å². The second-order valence-electron chi connectivity index (χ2n) is 9.16. The van der Waals surface area contributed by atoms with E-state index in [1.54, 1.807) is 0 Å². The van der Waals surface area contributed by atoms with Crippen molar-refractivity contribution in [3.8, 4) is 17.3 Å². The van der Waals surface area contributed by atoms with Crippen LogP contribution < -0.4 is 21.1 Å². The largest absolute Gasteiger partial charge is 0.477 e. The molecule has 200 valence electrons. The number of hydrogen-bond acceptors (Lipinski definition) is 5. The molecule has 5 N–H and O–H groups in total. The summed E-state index contributed by atoms with van der Waals surface area (Å²) >= 11 is 0. The molecule has 0 bridgehead atoms. The minimum atomic E-state index is -0.179. The van der Waals surface area contributed by atoms with Gasteiger partial charge in [0.1, 0.15) is 0 Å². The number of guanidine groups is 1. The van der Waals surface area contributed by atoms with Crippen LogP contribution in [0.25, 0.3) is 11.4 Å². The lowest BCUT2D eigenvalue weighted by molar-refractivity contribution is -0.116. The van der Waals surface area contributed by atoms with Crippen molar-refractivity contribution in [3.63, 3.8) is 0 Å². The number of ether oxygens (including phenoxy) is 1. The smallest absolute Gasteiger partial charge is 0.226 e. The normalized spacial score (nSPS) is 10.6. The summed E-state index contributed by atoms with van der Waals surface area (Å²) in [6.45, 7) is 0.799. The maximum atomic E-state index is 12.3. The van der Waals surface area contributed by atoms with Gasteiger partial charge in [0.25, 0.3) is 0 Å². The molecule has 0 unspecified atom stereocenters. The highest BCUT2D eigenvalue weighted by Gasteiger charge is 2.11. The number of anilines is 1. The summed E-state index contributed by atoms with van der Waals surface area (Å²) in [5.74, 6) is 0.750. The van der Waals surface area contributed by atoms with Gasteiger partial charge >= 0.3 is 0 Å². The fraction of sp³-hybridized carbons (Fsp3) is 0.226. The Morgan fingerprint density at radius 2 is 1.56 bits per heavy atom. The maximum absolute atomic E-state index is 12.3. The average Bonchev–Trinajstić information content (AvgIpc) is 2.94. The lowest BCUT2D eigenvalue weighted by Crippen LogP contribution is -2.32. The first kappa shape index (κ1) is 27.3. The van der Waals surface area contributed by atoms with Crippen LogP contribution in [0.5, 0.6) is 5.88 Å². The van der Waals surface area contributed by atoms with Crippen LogP contribution in [-0.4, -0.2) is 35.0 Å². The Kier molecular flexibility index (Phi) is 10.0. The highest BCUT2D eigenvalue weighted by atomic mass is 16.5. The molecule has 4 rings (SSSR count). The number of aryl methyl sites for hydroxylation is 2. The molecule has 0 spiro atoms. The Morgan fingerprint density at radius 3 is 2.28 bits per heavy atom. The summed E-state index contributed by atoms with van der Waals surface area (Å²) in [6, 6.07) is 30.0. The van der Waals surface area contributed by atoms with Crippen molar-refractivity contribution in [1.82, 2.24) is 15.3 Å². The van der Waals surface area contributed by atoms with E-state index in [4.69, 9.17) is 25.8 Å². The van der Waals surface area contributed by atoms with Crippen LogP contribution in [0, 0.1) is 5.41 Å². The fourth-order valence-electron chi connectivity index (χ4n) is 4.11. The second kappa shape index (κ2) is 14.3. The summed E-state index contributed by atoms with van der Waals surface area (Å²) in [5.41, 5.74) is 10.1. The molecule has 0 radical (unpaired) electrons. The topological polar surface area (TPSA) is 126 Å². The molecule has 0 aliphatic rings. The molecule has 0 saturated carbocycles. The second-order valence-corrected chi connectivity index (χ2v) is 9.16. The third-order valence-corrected chi connectivity index (χ3v) is 6.05. The zero-order chi connectivity index (χ0) is 27.3. The van der Waals surface area contributed by atoms with Crippen molar-refractivity contribution in [1.29, 1.82) is 5.41 Å². The van der Waals surface area contributed by atoms with E-state index in [0.29, 0.717) is 30.5 Å². The van der Waals surface area contributed by atoms with Crippen molar-refractivity contribution >= 4 is 17.6 Å². The number of nitrogens with one attached hydrogen (secondary N) is 3. The minimum absolute atomic E-state index is 0.160. The van der Waals surface area contributed by atoms with E-state index in [2.05, 4.69) is 47.0 Å². The number of aromatic nitrogens is 2. The Balaban J connectivity index is 1.47. The predicted molar refractivity (Wildman–Crippen MR) is 155 cm³/mol. The number of carbonyl (C=O) groups excluding carboxylic acids is 1. The van der Waals surface area contributed by atoms with Crippen molar-refractivity contribution in [2.45, 2.75) is 32.1 Å². The van der Waals surface area contributed by atoms with E-state index in [1.165, 1.54) is 11.1 Å². The van der Waals surface area contributed by atoms with Crippen LogP contribution in [0.4, 0.5) is 5.69 Å². The van der Waals surface area contributed by atoms with Crippen LogP contribution in [0.2, 0.25) is 0 Å². The quantitative estimate of drug-likeness (QED) is 0.148. The van der Waals surface area contributed by atoms with Crippen molar-refractivity contribution in [2.75, 3.05) is 18.5 Å². The molecule has 0 aliphatic carbocycles. The Bertz CT molecular complexity index is 1300. The van der Waals surface area contributed by atoms with Crippen molar-refractivity contribution in [3.05, 3.63) is 108 Å². The van der Waals surface area contributed by atoms with Gasteiger partial charge in [-0.3, -0.25) is 10.2 Å². The first-order valence-electron chi connectivity index (χ1n) is 13.1. The average molecular weight is 523 g/mol. The van der Waals surface area contributed by atoms with Gasteiger partial charge < -0.3 is 21.1 Å². The molecule has 0 fully saturated rings. The Hall–Kier alpha value is -4.72. The maximum Gasteiger partial charge on any atom is 0.226 e. The van der Waals surface area contributed by atoms with Gasteiger partial charge in [-0.1, -0.05) is 72.8 Å². The highest BCUT2D eigenvalue weighted by Crippen LogP contribution is 2.23. The molecular formula is C31H34N6O2. The Morgan fingerprint density at radius 1 is 0.846 bits per heavy atom. The summed E-state index contributed by atoms with van der Waals surface area (Å²) < 4.78 is 6.08.